The van der Waals surface area contributed by atoms with Crippen LogP contribution >= 0.6 is 11.6 Å². The molecule has 0 aromatic carbocycles. The fraction of sp³-hybridized carbons (Fsp3) is 0.571. The molecule has 3 aromatic rings. The number of morpholine rings is 1. The monoisotopic (exact) mass is 567 g/mol. The maximum atomic E-state index is 11.8. The lowest BCUT2D eigenvalue weighted by Gasteiger charge is -2.44. The Labute approximate surface area is 237 Å². The van der Waals surface area contributed by atoms with E-state index in [9.17, 15) is 4.79 Å². The number of pyridine rings is 2. The maximum Gasteiger partial charge on any atom is 0.427 e. The van der Waals surface area contributed by atoms with Crippen LogP contribution in [0.15, 0.2) is 24.5 Å². The van der Waals surface area contributed by atoms with Gasteiger partial charge in [-0.25, -0.2) is 14.8 Å². The van der Waals surface area contributed by atoms with Gasteiger partial charge < -0.3 is 23.8 Å². The molecule has 0 radical (unpaired) electrons. The van der Waals surface area contributed by atoms with Gasteiger partial charge in [-0.3, -0.25) is 10.3 Å². The molecule has 40 heavy (non-hydrogen) atoms. The summed E-state index contributed by atoms with van der Waals surface area (Å²) in [7, 11) is 0. The first kappa shape index (κ1) is 25.9. The van der Waals surface area contributed by atoms with Crippen molar-refractivity contribution in [3.63, 3.8) is 0 Å². The van der Waals surface area contributed by atoms with E-state index in [1.165, 1.54) is 25.7 Å². The zero-order chi connectivity index (χ0) is 27.2. The highest BCUT2D eigenvalue weighted by Crippen LogP contribution is 2.38. The van der Waals surface area contributed by atoms with E-state index in [1.54, 1.807) is 12.4 Å². The van der Waals surface area contributed by atoms with Crippen LogP contribution in [0.3, 0.4) is 0 Å². The summed E-state index contributed by atoms with van der Waals surface area (Å²) in [5.41, 5.74) is 6.56. The number of hydrogen-bond acceptors (Lipinski definition) is 9. The predicted octanol–water partition coefficient (Wildman–Crippen LogP) is 4.21. The summed E-state index contributed by atoms with van der Waals surface area (Å²) in [6.45, 7) is 5.90. The maximum absolute atomic E-state index is 11.8. The smallest absolute Gasteiger partial charge is 0.379 e. The van der Waals surface area contributed by atoms with Gasteiger partial charge in [-0.05, 0) is 43.2 Å². The van der Waals surface area contributed by atoms with Crippen molar-refractivity contribution in [3.05, 3.63) is 35.2 Å². The number of fused-ring (bicyclic) bond motifs is 2. The number of ether oxygens (including phenoxy) is 2. The molecular formula is C28H34ClN7O4. The number of imidazole rings is 1. The molecule has 3 atom stereocenters. The molecule has 6 heterocycles. The molecule has 7 rings (SSSR count). The highest BCUT2D eigenvalue weighted by Gasteiger charge is 2.38. The third-order valence-corrected chi connectivity index (χ3v) is 8.90. The number of halogens is 1. The van der Waals surface area contributed by atoms with Crippen molar-refractivity contribution in [2.75, 3.05) is 31.3 Å². The summed E-state index contributed by atoms with van der Waals surface area (Å²) < 4.78 is 14.4. The molecule has 212 valence electrons. The lowest BCUT2D eigenvalue weighted by atomic mass is 9.83. The third-order valence-electron chi connectivity index (χ3n) is 8.69. The van der Waals surface area contributed by atoms with Crippen LogP contribution in [0.1, 0.15) is 50.9 Å². The number of carbonyl (C=O) groups excluding carboxylic acids is 1. The summed E-state index contributed by atoms with van der Waals surface area (Å²) in [5.74, 6) is 2.22. The number of rotatable bonds is 5. The summed E-state index contributed by atoms with van der Waals surface area (Å²) in [6.07, 6.45) is 8.08. The molecule has 3 aliphatic heterocycles. The Morgan fingerprint density at radius 3 is 2.77 bits per heavy atom. The lowest BCUT2D eigenvalue weighted by Crippen LogP contribution is -2.57. The van der Waals surface area contributed by atoms with Gasteiger partial charge in [0.05, 0.1) is 52.8 Å². The Kier molecular flexibility index (Phi) is 6.99. The van der Waals surface area contributed by atoms with E-state index in [4.69, 9.17) is 35.9 Å². The lowest BCUT2D eigenvalue weighted by molar-refractivity contribution is -0.0659. The van der Waals surface area contributed by atoms with Gasteiger partial charge in [0, 0.05) is 37.7 Å². The fourth-order valence-corrected chi connectivity index (χ4v) is 6.72. The molecule has 1 saturated carbocycles. The highest BCUT2D eigenvalue weighted by molar-refractivity contribution is 6.30. The largest absolute Gasteiger partial charge is 0.427 e. The number of hydroxylamine groups is 1. The Morgan fingerprint density at radius 2 is 1.98 bits per heavy atom. The standard InChI is InChI=1S/C28H34ClN7O4/c1-16-2-4-17(5-3-16)14-36-25-20(32-27(36)35-7-9-39-23-6-8-38-15-22(23)35)11-21(26-33-28(37)40-34-26)31-24(25)18-10-19(29)13-30-12-18/h10-13,16-17,22-23,26,34H,2-9,14-15H2,1H3,(H,33,37). The van der Waals surface area contributed by atoms with Crippen LogP contribution in [-0.4, -0.2) is 64.1 Å². The molecule has 0 bridgehead atoms. The molecule has 2 N–H and O–H groups in total. The first-order valence-corrected chi connectivity index (χ1v) is 14.6. The Bertz CT molecular complexity index is 1410. The fourth-order valence-electron chi connectivity index (χ4n) is 6.54. The van der Waals surface area contributed by atoms with Crippen LogP contribution in [0, 0.1) is 11.8 Å². The number of nitrogens with one attached hydrogen (secondary N) is 2. The van der Waals surface area contributed by atoms with Gasteiger partial charge in [0.25, 0.3) is 0 Å². The van der Waals surface area contributed by atoms with Gasteiger partial charge in [0.1, 0.15) is 0 Å². The van der Waals surface area contributed by atoms with Gasteiger partial charge in [0.15, 0.2) is 6.17 Å². The molecule has 1 aliphatic carbocycles. The topological polar surface area (TPSA) is 116 Å². The van der Waals surface area contributed by atoms with Gasteiger partial charge in [-0.2, -0.15) is 0 Å². The number of aromatic nitrogens is 4. The van der Waals surface area contributed by atoms with E-state index in [0.29, 0.717) is 36.5 Å². The van der Waals surface area contributed by atoms with Crippen LogP contribution in [0.25, 0.3) is 22.3 Å². The van der Waals surface area contributed by atoms with E-state index >= 15 is 0 Å². The van der Waals surface area contributed by atoms with Crippen LogP contribution in [0.5, 0.6) is 0 Å². The van der Waals surface area contributed by atoms with E-state index in [2.05, 4.69) is 32.2 Å². The number of hydrogen-bond donors (Lipinski definition) is 2. The molecule has 12 heteroatoms. The number of amides is 1. The van der Waals surface area contributed by atoms with Crippen molar-refractivity contribution >= 4 is 34.7 Å². The minimum absolute atomic E-state index is 0.0948. The molecule has 4 aliphatic rings. The summed E-state index contributed by atoms with van der Waals surface area (Å²) >= 11 is 6.41. The van der Waals surface area contributed by atoms with Crippen LogP contribution in [-0.2, 0) is 20.9 Å². The summed E-state index contributed by atoms with van der Waals surface area (Å²) in [5, 5.41) is 3.29. The first-order chi connectivity index (χ1) is 19.5. The zero-order valence-corrected chi connectivity index (χ0v) is 23.3. The minimum atomic E-state index is -0.601. The molecule has 3 aromatic heterocycles. The number of nitrogens with zero attached hydrogens (tertiary/aromatic N) is 5. The van der Waals surface area contributed by atoms with E-state index in [1.807, 2.05) is 12.1 Å². The van der Waals surface area contributed by atoms with E-state index in [0.717, 1.165) is 53.7 Å². The second kappa shape index (κ2) is 10.8. The number of anilines is 1. The molecule has 11 nitrogen and oxygen atoms in total. The molecular weight excluding hydrogens is 534 g/mol. The van der Waals surface area contributed by atoms with Crippen LogP contribution in [0.2, 0.25) is 5.02 Å². The van der Waals surface area contributed by atoms with Crippen molar-refractivity contribution in [1.29, 1.82) is 0 Å². The molecule has 3 unspecified atom stereocenters. The summed E-state index contributed by atoms with van der Waals surface area (Å²) in [4.78, 5) is 33.8. The number of carbonyl (C=O) groups is 1. The molecule has 3 saturated heterocycles. The molecule has 0 spiro atoms. The Hall–Kier alpha value is -2.99. The third kappa shape index (κ3) is 4.89. The first-order valence-electron chi connectivity index (χ1n) is 14.2. The van der Waals surface area contributed by atoms with Gasteiger partial charge in [-0.15, -0.1) is 5.48 Å². The second-order valence-corrected chi connectivity index (χ2v) is 11.9. The van der Waals surface area contributed by atoms with Crippen molar-refractivity contribution < 1.29 is 19.1 Å². The Morgan fingerprint density at radius 1 is 1.10 bits per heavy atom. The van der Waals surface area contributed by atoms with Crippen molar-refractivity contribution in [1.82, 2.24) is 30.3 Å². The zero-order valence-electron chi connectivity index (χ0n) is 22.5. The van der Waals surface area contributed by atoms with Crippen molar-refractivity contribution in [2.24, 2.45) is 11.8 Å². The van der Waals surface area contributed by atoms with Gasteiger partial charge >= 0.3 is 6.09 Å². The SMILES string of the molecule is CC1CCC(Cn2c(N3CCOC4CCOCC43)nc3cc(C4NOC(=O)N4)nc(-c4cncc(Cl)c4)c32)CC1. The molecule has 4 fully saturated rings. The van der Waals surface area contributed by atoms with Crippen LogP contribution in [0.4, 0.5) is 10.7 Å². The van der Waals surface area contributed by atoms with Crippen LogP contribution < -0.4 is 15.7 Å². The highest BCUT2D eigenvalue weighted by atomic mass is 35.5. The quantitative estimate of drug-likeness (QED) is 0.467. The average molecular weight is 568 g/mol. The van der Waals surface area contributed by atoms with E-state index in [-0.39, 0.29) is 12.1 Å². The Balaban J connectivity index is 1.41. The average Bonchev–Trinajstić information content (AvgIpc) is 3.57. The normalized spacial score (nSPS) is 28.8. The van der Waals surface area contributed by atoms with Gasteiger partial charge in [-0.1, -0.05) is 31.4 Å². The molecule has 1 amide bonds. The van der Waals surface area contributed by atoms with Gasteiger partial charge in [0.2, 0.25) is 5.95 Å². The minimum Gasteiger partial charge on any atom is -0.379 e. The predicted molar refractivity (Wildman–Crippen MR) is 149 cm³/mol. The summed E-state index contributed by atoms with van der Waals surface area (Å²) in [6, 6.07) is 3.90. The van der Waals surface area contributed by atoms with E-state index < -0.39 is 12.3 Å². The van der Waals surface area contributed by atoms with Crippen molar-refractivity contribution in [3.8, 4) is 11.3 Å². The van der Waals surface area contributed by atoms with Crippen molar-refractivity contribution in [2.45, 2.75) is 63.9 Å². The second-order valence-electron chi connectivity index (χ2n) is 11.4.